The van der Waals surface area contributed by atoms with Crippen LogP contribution in [0.5, 0.6) is 0 Å². The Morgan fingerprint density at radius 1 is 1.20 bits per heavy atom. The van der Waals surface area contributed by atoms with Gasteiger partial charge >= 0.3 is 0 Å². The smallest absolute Gasteiger partial charge is 0.0994 e. The largest absolute Gasteiger partial charge is 0.323 e. The van der Waals surface area contributed by atoms with Gasteiger partial charge in [-0.25, -0.2) is 4.68 Å². The summed E-state index contributed by atoms with van der Waals surface area (Å²) in [6.07, 6.45) is 3.96. The molecule has 2 N–H and O–H groups in total. The number of hydrogen-bond donors (Lipinski definition) is 1. The molecule has 0 aliphatic rings. The van der Waals surface area contributed by atoms with Crippen molar-refractivity contribution < 1.29 is 0 Å². The number of nitrogens with zero attached hydrogens (tertiary/aromatic N) is 3. The Hall–Kier alpha value is -1.68. The SMILES string of the molecule is CCCC(N)c1cn(Cc2ccc(C(C)C)cc2)nn1. The normalized spacial score (nSPS) is 12.8. The first-order chi connectivity index (χ1) is 9.60. The summed E-state index contributed by atoms with van der Waals surface area (Å²) >= 11 is 0. The number of nitrogens with two attached hydrogens (primary N) is 1. The van der Waals surface area contributed by atoms with Crippen LogP contribution < -0.4 is 5.73 Å². The molecule has 1 aromatic carbocycles. The van der Waals surface area contributed by atoms with E-state index < -0.39 is 0 Å². The second kappa shape index (κ2) is 6.66. The van der Waals surface area contributed by atoms with Crippen molar-refractivity contribution in [2.45, 2.75) is 52.1 Å². The van der Waals surface area contributed by atoms with Crippen molar-refractivity contribution in [1.82, 2.24) is 15.0 Å². The van der Waals surface area contributed by atoms with Crippen LogP contribution in [-0.2, 0) is 6.54 Å². The summed E-state index contributed by atoms with van der Waals surface area (Å²) < 4.78 is 1.86. The second-order valence-electron chi connectivity index (χ2n) is 5.63. The zero-order valence-electron chi connectivity index (χ0n) is 12.6. The van der Waals surface area contributed by atoms with Crippen LogP contribution >= 0.6 is 0 Å². The van der Waals surface area contributed by atoms with Crippen LogP contribution in [-0.4, -0.2) is 15.0 Å². The summed E-state index contributed by atoms with van der Waals surface area (Å²) in [5.74, 6) is 0.564. The molecule has 2 aromatic rings. The first-order valence-electron chi connectivity index (χ1n) is 7.34. The van der Waals surface area contributed by atoms with Crippen molar-refractivity contribution in [3.8, 4) is 0 Å². The third-order valence-electron chi connectivity index (χ3n) is 3.53. The molecule has 2 rings (SSSR count). The zero-order valence-corrected chi connectivity index (χ0v) is 12.6. The van der Waals surface area contributed by atoms with Crippen molar-refractivity contribution >= 4 is 0 Å². The van der Waals surface area contributed by atoms with E-state index in [9.17, 15) is 0 Å². The highest BCUT2D eigenvalue weighted by molar-refractivity contribution is 5.24. The Bertz CT molecular complexity index is 528. The maximum atomic E-state index is 6.05. The standard InChI is InChI=1S/C16H24N4/c1-4-5-15(17)16-11-20(19-18-16)10-13-6-8-14(9-7-13)12(2)3/h6-9,11-12,15H,4-5,10,17H2,1-3H3. The van der Waals surface area contributed by atoms with Crippen LogP contribution in [0.15, 0.2) is 30.5 Å². The predicted molar refractivity (Wildman–Crippen MR) is 81.5 cm³/mol. The molecule has 0 bridgehead atoms. The summed E-state index contributed by atoms with van der Waals surface area (Å²) in [4.78, 5) is 0. The Labute approximate surface area is 121 Å². The predicted octanol–water partition coefficient (Wildman–Crippen LogP) is 3.25. The van der Waals surface area contributed by atoms with Crippen LogP contribution in [0.25, 0.3) is 0 Å². The van der Waals surface area contributed by atoms with Gasteiger partial charge in [0.2, 0.25) is 0 Å². The molecular formula is C16H24N4. The van der Waals surface area contributed by atoms with Crippen molar-refractivity contribution in [3.05, 3.63) is 47.3 Å². The van der Waals surface area contributed by atoms with Gasteiger partial charge in [-0.1, -0.05) is 56.7 Å². The minimum Gasteiger partial charge on any atom is -0.323 e. The van der Waals surface area contributed by atoms with Crippen LogP contribution in [0.2, 0.25) is 0 Å². The van der Waals surface area contributed by atoms with Crippen molar-refractivity contribution in [3.63, 3.8) is 0 Å². The molecule has 4 nitrogen and oxygen atoms in total. The van der Waals surface area contributed by atoms with E-state index >= 15 is 0 Å². The van der Waals surface area contributed by atoms with Crippen LogP contribution in [0.1, 0.15) is 62.4 Å². The third kappa shape index (κ3) is 3.67. The molecule has 0 saturated carbocycles. The quantitative estimate of drug-likeness (QED) is 0.878. The lowest BCUT2D eigenvalue weighted by atomic mass is 10.0. The molecule has 1 atom stereocenters. The first-order valence-corrected chi connectivity index (χ1v) is 7.34. The molecule has 0 aliphatic heterocycles. The highest BCUT2D eigenvalue weighted by atomic mass is 15.4. The summed E-state index contributed by atoms with van der Waals surface area (Å²) in [7, 11) is 0. The molecular weight excluding hydrogens is 248 g/mol. The molecule has 20 heavy (non-hydrogen) atoms. The molecule has 0 radical (unpaired) electrons. The van der Waals surface area contributed by atoms with E-state index in [0.717, 1.165) is 25.1 Å². The maximum absolute atomic E-state index is 6.05. The zero-order chi connectivity index (χ0) is 14.5. The van der Waals surface area contributed by atoms with Gasteiger partial charge < -0.3 is 5.73 Å². The van der Waals surface area contributed by atoms with E-state index in [1.165, 1.54) is 11.1 Å². The van der Waals surface area contributed by atoms with Crippen LogP contribution in [0.3, 0.4) is 0 Å². The Kier molecular flexibility index (Phi) is 4.90. The highest BCUT2D eigenvalue weighted by Crippen LogP contribution is 2.16. The lowest BCUT2D eigenvalue weighted by Crippen LogP contribution is -2.10. The number of rotatable bonds is 6. The summed E-state index contributed by atoms with van der Waals surface area (Å²) in [5, 5.41) is 8.32. The summed E-state index contributed by atoms with van der Waals surface area (Å²) in [6, 6.07) is 8.67. The van der Waals surface area contributed by atoms with Gasteiger partial charge in [-0.15, -0.1) is 5.10 Å². The second-order valence-corrected chi connectivity index (χ2v) is 5.63. The average molecular weight is 272 g/mol. The minimum absolute atomic E-state index is 0.00272. The van der Waals surface area contributed by atoms with Gasteiger partial charge in [0.1, 0.15) is 0 Å². The van der Waals surface area contributed by atoms with E-state index in [-0.39, 0.29) is 6.04 Å². The topological polar surface area (TPSA) is 56.7 Å². The Morgan fingerprint density at radius 2 is 1.90 bits per heavy atom. The highest BCUT2D eigenvalue weighted by Gasteiger charge is 2.09. The fraction of sp³-hybridized carbons (Fsp3) is 0.500. The molecule has 108 valence electrons. The van der Waals surface area contributed by atoms with E-state index in [2.05, 4.69) is 55.3 Å². The Balaban J connectivity index is 2.03. The fourth-order valence-electron chi connectivity index (χ4n) is 2.21. The van der Waals surface area contributed by atoms with Gasteiger partial charge in [0.05, 0.1) is 24.5 Å². The molecule has 0 spiro atoms. The molecule has 0 saturated heterocycles. The average Bonchev–Trinajstić information content (AvgIpc) is 2.88. The molecule has 1 unspecified atom stereocenters. The van der Waals surface area contributed by atoms with E-state index in [1.807, 2.05) is 10.9 Å². The van der Waals surface area contributed by atoms with Gasteiger partial charge in [-0.2, -0.15) is 0 Å². The molecule has 4 heteroatoms. The minimum atomic E-state index is -0.00272. The first kappa shape index (κ1) is 14.7. The van der Waals surface area contributed by atoms with E-state index in [4.69, 9.17) is 5.73 Å². The molecule has 1 heterocycles. The maximum Gasteiger partial charge on any atom is 0.0994 e. The number of benzene rings is 1. The van der Waals surface area contributed by atoms with Gasteiger partial charge in [0, 0.05) is 0 Å². The lowest BCUT2D eigenvalue weighted by Gasteiger charge is -2.07. The molecule has 0 aliphatic carbocycles. The van der Waals surface area contributed by atoms with Crippen LogP contribution in [0, 0.1) is 0 Å². The third-order valence-corrected chi connectivity index (χ3v) is 3.53. The van der Waals surface area contributed by atoms with Crippen molar-refractivity contribution in [1.29, 1.82) is 0 Å². The van der Waals surface area contributed by atoms with Gasteiger partial charge in [-0.05, 0) is 23.5 Å². The summed E-state index contributed by atoms with van der Waals surface area (Å²) in [6.45, 7) is 7.27. The summed E-state index contributed by atoms with van der Waals surface area (Å²) in [5.41, 5.74) is 9.52. The lowest BCUT2D eigenvalue weighted by molar-refractivity contribution is 0.617. The van der Waals surface area contributed by atoms with Crippen molar-refractivity contribution in [2.75, 3.05) is 0 Å². The van der Waals surface area contributed by atoms with Crippen LogP contribution in [0.4, 0.5) is 0 Å². The van der Waals surface area contributed by atoms with E-state index in [0.29, 0.717) is 5.92 Å². The molecule has 0 amide bonds. The molecule has 0 fully saturated rings. The van der Waals surface area contributed by atoms with E-state index in [1.54, 1.807) is 0 Å². The monoisotopic (exact) mass is 272 g/mol. The number of aromatic nitrogens is 3. The van der Waals surface area contributed by atoms with Gasteiger partial charge in [-0.3, -0.25) is 0 Å². The molecule has 1 aromatic heterocycles. The van der Waals surface area contributed by atoms with Crippen molar-refractivity contribution in [2.24, 2.45) is 5.73 Å². The van der Waals surface area contributed by atoms with Gasteiger partial charge in [0.25, 0.3) is 0 Å². The Morgan fingerprint density at radius 3 is 2.50 bits per heavy atom. The number of hydrogen-bond acceptors (Lipinski definition) is 3. The van der Waals surface area contributed by atoms with Gasteiger partial charge in [0.15, 0.2) is 0 Å². The fourth-order valence-corrected chi connectivity index (χ4v) is 2.21.